The van der Waals surface area contributed by atoms with Crippen molar-refractivity contribution in [2.45, 2.75) is 32.5 Å². The quantitative estimate of drug-likeness (QED) is 0.762. The molecule has 7 heteroatoms. The van der Waals surface area contributed by atoms with Crippen LogP contribution in [0.2, 0.25) is 0 Å². The highest BCUT2D eigenvalue weighted by Gasteiger charge is 2.33. The monoisotopic (exact) mass is 298 g/mol. The van der Waals surface area contributed by atoms with Crippen LogP contribution in [0.5, 0.6) is 0 Å². The van der Waals surface area contributed by atoms with Crippen LogP contribution in [0.1, 0.15) is 16.7 Å². The smallest absolute Gasteiger partial charge is 0.137 e. The SMILES string of the molecule is Cc1ccc(C(O)(Cn2cncn2)Cn2cncn2)c(C)c1. The Morgan fingerprint density at radius 1 is 1.00 bits per heavy atom. The van der Waals surface area contributed by atoms with Gasteiger partial charge in [0.15, 0.2) is 0 Å². The number of nitrogens with zero attached hydrogens (tertiary/aromatic N) is 6. The van der Waals surface area contributed by atoms with Crippen molar-refractivity contribution in [2.75, 3.05) is 0 Å². The average Bonchev–Trinajstić information content (AvgIpc) is 3.12. The zero-order chi connectivity index (χ0) is 15.6. The lowest BCUT2D eigenvalue weighted by Gasteiger charge is -2.30. The third kappa shape index (κ3) is 2.89. The van der Waals surface area contributed by atoms with Gasteiger partial charge in [0.05, 0.1) is 13.1 Å². The first-order valence-corrected chi connectivity index (χ1v) is 7.02. The standard InChI is InChI=1S/C15H18N6O/c1-12-3-4-14(13(2)5-12)15(22,6-20-10-16-8-18-20)7-21-11-17-9-19-21/h3-5,8-11,22H,6-7H2,1-2H3. The average molecular weight is 298 g/mol. The van der Waals surface area contributed by atoms with Gasteiger partial charge in [-0.1, -0.05) is 23.8 Å². The third-order valence-electron chi connectivity index (χ3n) is 3.66. The summed E-state index contributed by atoms with van der Waals surface area (Å²) in [6.07, 6.45) is 6.10. The van der Waals surface area contributed by atoms with Crippen LogP contribution in [0.4, 0.5) is 0 Å². The van der Waals surface area contributed by atoms with E-state index in [9.17, 15) is 5.11 Å². The topological polar surface area (TPSA) is 81.6 Å². The van der Waals surface area contributed by atoms with Crippen LogP contribution in [0.15, 0.2) is 43.5 Å². The van der Waals surface area contributed by atoms with Gasteiger partial charge >= 0.3 is 0 Å². The Morgan fingerprint density at radius 2 is 1.59 bits per heavy atom. The van der Waals surface area contributed by atoms with E-state index >= 15 is 0 Å². The molecule has 2 aromatic heterocycles. The van der Waals surface area contributed by atoms with E-state index in [1.165, 1.54) is 12.7 Å². The summed E-state index contributed by atoms with van der Waals surface area (Å²) in [5.74, 6) is 0. The molecule has 1 N–H and O–H groups in total. The fourth-order valence-corrected chi connectivity index (χ4v) is 2.72. The summed E-state index contributed by atoms with van der Waals surface area (Å²) in [5.41, 5.74) is 1.89. The minimum Gasteiger partial charge on any atom is -0.381 e. The number of hydrogen-bond donors (Lipinski definition) is 1. The van der Waals surface area contributed by atoms with Crippen LogP contribution in [-0.4, -0.2) is 34.6 Å². The maximum Gasteiger partial charge on any atom is 0.137 e. The zero-order valence-corrected chi connectivity index (χ0v) is 12.6. The molecule has 1 aromatic carbocycles. The van der Waals surface area contributed by atoms with Gasteiger partial charge in [-0.3, -0.25) is 0 Å². The molecule has 3 rings (SSSR count). The summed E-state index contributed by atoms with van der Waals surface area (Å²) < 4.78 is 3.24. The van der Waals surface area contributed by atoms with Gasteiger partial charge in [0.2, 0.25) is 0 Å². The van der Waals surface area contributed by atoms with E-state index in [2.05, 4.69) is 26.2 Å². The molecule has 0 fully saturated rings. The van der Waals surface area contributed by atoms with Gasteiger partial charge in [-0.2, -0.15) is 10.2 Å². The first-order valence-electron chi connectivity index (χ1n) is 7.02. The molecule has 0 atom stereocenters. The van der Waals surface area contributed by atoms with Crippen molar-refractivity contribution in [3.63, 3.8) is 0 Å². The van der Waals surface area contributed by atoms with E-state index in [-0.39, 0.29) is 13.1 Å². The second-order valence-electron chi connectivity index (χ2n) is 5.54. The molecule has 0 bridgehead atoms. The Kier molecular flexibility index (Phi) is 3.72. The van der Waals surface area contributed by atoms with Crippen molar-refractivity contribution in [3.05, 3.63) is 60.2 Å². The van der Waals surface area contributed by atoms with E-state index < -0.39 is 5.60 Å². The van der Waals surface area contributed by atoms with Crippen LogP contribution in [-0.2, 0) is 18.7 Å². The molecule has 3 aromatic rings. The molecule has 0 saturated carbocycles. The molecule has 0 amide bonds. The van der Waals surface area contributed by atoms with Crippen LogP contribution >= 0.6 is 0 Å². The Morgan fingerprint density at radius 3 is 2.05 bits per heavy atom. The zero-order valence-electron chi connectivity index (χ0n) is 12.6. The highest BCUT2D eigenvalue weighted by molar-refractivity contribution is 5.34. The number of aryl methyl sites for hydroxylation is 2. The lowest BCUT2D eigenvalue weighted by atomic mass is 9.89. The first kappa shape index (κ1) is 14.4. The largest absolute Gasteiger partial charge is 0.381 e. The lowest BCUT2D eigenvalue weighted by Crippen LogP contribution is -2.37. The molecule has 22 heavy (non-hydrogen) atoms. The Bertz CT molecular complexity index is 699. The number of hydrogen-bond acceptors (Lipinski definition) is 5. The highest BCUT2D eigenvalue weighted by Crippen LogP contribution is 2.28. The summed E-state index contributed by atoms with van der Waals surface area (Å²) in [7, 11) is 0. The molecule has 0 radical (unpaired) electrons. The number of benzene rings is 1. The van der Waals surface area contributed by atoms with Crippen molar-refractivity contribution in [1.82, 2.24) is 29.5 Å². The lowest BCUT2D eigenvalue weighted by molar-refractivity contribution is -0.00596. The molecule has 0 aliphatic carbocycles. The van der Waals surface area contributed by atoms with Crippen LogP contribution in [0.25, 0.3) is 0 Å². The van der Waals surface area contributed by atoms with Crippen LogP contribution in [0.3, 0.4) is 0 Å². The van der Waals surface area contributed by atoms with Gasteiger partial charge in [0.25, 0.3) is 0 Å². The number of aliphatic hydroxyl groups is 1. The van der Waals surface area contributed by atoms with Crippen LogP contribution < -0.4 is 0 Å². The number of aromatic nitrogens is 6. The Hall–Kier alpha value is -2.54. The van der Waals surface area contributed by atoms with Gasteiger partial charge in [0.1, 0.15) is 30.9 Å². The fraction of sp³-hybridized carbons (Fsp3) is 0.333. The highest BCUT2D eigenvalue weighted by atomic mass is 16.3. The predicted molar refractivity (Wildman–Crippen MR) is 79.9 cm³/mol. The number of rotatable bonds is 5. The summed E-state index contributed by atoms with van der Waals surface area (Å²) >= 11 is 0. The molecular weight excluding hydrogens is 280 g/mol. The van der Waals surface area contributed by atoms with Crippen LogP contribution in [0, 0.1) is 13.8 Å². The summed E-state index contributed by atoms with van der Waals surface area (Å²) in [5, 5.41) is 19.5. The van der Waals surface area contributed by atoms with E-state index in [1.54, 1.807) is 22.0 Å². The second-order valence-corrected chi connectivity index (χ2v) is 5.54. The molecule has 0 aliphatic rings. The summed E-state index contributed by atoms with van der Waals surface area (Å²) in [4.78, 5) is 7.88. The maximum absolute atomic E-state index is 11.3. The third-order valence-corrected chi connectivity index (χ3v) is 3.66. The van der Waals surface area contributed by atoms with Crippen molar-refractivity contribution in [3.8, 4) is 0 Å². The maximum atomic E-state index is 11.3. The van der Waals surface area contributed by atoms with E-state index in [4.69, 9.17) is 0 Å². The molecule has 0 unspecified atom stereocenters. The van der Waals surface area contributed by atoms with E-state index in [0.717, 1.165) is 16.7 Å². The van der Waals surface area contributed by atoms with Gasteiger partial charge in [0, 0.05) is 0 Å². The minimum atomic E-state index is -1.15. The van der Waals surface area contributed by atoms with Crippen molar-refractivity contribution >= 4 is 0 Å². The Balaban J connectivity index is 2.01. The second kappa shape index (κ2) is 5.69. The summed E-state index contributed by atoms with van der Waals surface area (Å²) in [6.45, 7) is 4.61. The van der Waals surface area contributed by atoms with Gasteiger partial charge in [-0.25, -0.2) is 19.3 Å². The van der Waals surface area contributed by atoms with Crippen molar-refractivity contribution in [1.29, 1.82) is 0 Å². The van der Waals surface area contributed by atoms with Gasteiger partial charge in [-0.15, -0.1) is 0 Å². The summed E-state index contributed by atoms with van der Waals surface area (Å²) in [6, 6.07) is 6.01. The van der Waals surface area contributed by atoms with E-state index in [1.807, 2.05) is 26.0 Å². The van der Waals surface area contributed by atoms with Crippen molar-refractivity contribution in [2.24, 2.45) is 0 Å². The minimum absolute atomic E-state index is 0.288. The first-order chi connectivity index (χ1) is 10.6. The molecule has 114 valence electrons. The molecule has 2 heterocycles. The molecule has 7 nitrogen and oxygen atoms in total. The molecular formula is C15H18N6O. The molecule has 0 spiro atoms. The predicted octanol–water partition coefficient (Wildman–Crippen LogP) is 1.07. The Labute approximate surface area is 128 Å². The normalized spacial score (nSPS) is 11.8. The van der Waals surface area contributed by atoms with E-state index in [0.29, 0.717) is 0 Å². The molecule has 0 aliphatic heterocycles. The van der Waals surface area contributed by atoms with Gasteiger partial charge < -0.3 is 5.11 Å². The van der Waals surface area contributed by atoms with Gasteiger partial charge in [-0.05, 0) is 25.0 Å². The molecule has 0 saturated heterocycles. The fourth-order valence-electron chi connectivity index (χ4n) is 2.72. The van der Waals surface area contributed by atoms with Crippen molar-refractivity contribution < 1.29 is 5.11 Å².